The molecule has 1 saturated carbocycles. The third kappa shape index (κ3) is 2.94. The maximum Gasteiger partial charge on any atom is 0.316 e. The number of halogens is 1. The first-order valence-corrected chi connectivity index (χ1v) is 7.56. The van der Waals surface area contributed by atoms with Crippen LogP contribution >= 0.6 is 0 Å². The molecule has 0 amide bonds. The van der Waals surface area contributed by atoms with Crippen molar-refractivity contribution < 1.29 is 13.9 Å². The molecule has 0 spiro atoms. The molecule has 2 aliphatic rings. The van der Waals surface area contributed by atoms with E-state index in [1.54, 1.807) is 0 Å². The van der Waals surface area contributed by atoms with Gasteiger partial charge in [0.15, 0.2) is 5.82 Å². The van der Waals surface area contributed by atoms with E-state index in [4.69, 9.17) is 9.47 Å². The van der Waals surface area contributed by atoms with Crippen LogP contribution in [-0.4, -0.2) is 33.0 Å². The van der Waals surface area contributed by atoms with Gasteiger partial charge in [-0.1, -0.05) is 0 Å². The predicted molar refractivity (Wildman–Crippen MR) is 74.8 cm³/mol. The van der Waals surface area contributed by atoms with Crippen molar-refractivity contribution >= 4 is 0 Å². The third-order valence-electron chi connectivity index (χ3n) is 3.97. The Bertz CT molecular complexity index is 654. The molecule has 1 aliphatic heterocycles. The monoisotopic (exact) mass is 304 g/mol. The smallest absolute Gasteiger partial charge is 0.316 e. The van der Waals surface area contributed by atoms with Crippen LogP contribution in [-0.2, 0) is 17.7 Å². The highest BCUT2D eigenvalue weighted by atomic mass is 19.1. The topological polar surface area (TPSA) is 62.1 Å². The van der Waals surface area contributed by atoms with E-state index in [1.165, 1.54) is 18.4 Å². The highest BCUT2D eigenvalue weighted by Crippen LogP contribution is 2.32. The molecule has 0 N–H and O–H groups in total. The van der Waals surface area contributed by atoms with Crippen molar-refractivity contribution in [1.82, 2.24) is 19.7 Å². The Morgan fingerprint density at radius 1 is 1.32 bits per heavy atom. The minimum atomic E-state index is -0.484. The van der Waals surface area contributed by atoms with Crippen LogP contribution in [0.2, 0.25) is 0 Å². The van der Waals surface area contributed by atoms with Crippen LogP contribution in [0.5, 0.6) is 6.01 Å². The van der Waals surface area contributed by atoms with E-state index < -0.39 is 5.82 Å². The highest BCUT2D eigenvalue weighted by Gasteiger charge is 2.28. The lowest BCUT2D eigenvalue weighted by molar-refractivity contribution is 0.00511. The van der Waals surface area contributed by atoms with Crippen LogP contribution < -0.4 is 4.74 Å². The molecule has 1 fully saturated rings. The molecule has 0 bridgehead atoms. The number of fused-ring (bicyclic) bond motifs is 1. The molecule has 116 valence electrons. The van der Waals surface area contributed by atoms with Gasteiger partial charge in [0.2, 0.25) is 0 Å². The van der Waals surface area contributed by atoms with Crippen LogP contribution in [0.25, 0.3) is 0 Å². The van der Waals surface area contributed by atoms with Gasteiger partial charge >= 0.3 is 6.01 Å². The zero-order chi connectivity index (χ0) is 14.9. The van der Waals surface area contributed by atoms with Crippen molar-refractivity contribution in [3.8, 4) is 6.01 Å². The first kappa shape index (κ1) is 13.6. The Hall–Kier alpha value is -2.02. The van der Waals surface area contributed by atoms with Gasteiger partial charge in [-0.25, -0.2) is 14.4 Å². The zero-order valence-corrected chi connectivity index (χ0v) is 12.1. The van der Waals surface area contributed by atoms with Crippen molar-refractivity contribution in [2.45, 2.75) is 31.9 Å². The Balaban J connectivity index is 1.44. The Kier molecular flexibility index (Phi) is 3.49. The van der Waals surface area contributed by atoms with Gasteiger partial charge in [0.05, 0.1) is 24.7 Å². The molecule has 6 nitrogen and oxygen atoms in total. The zero-order valence-electron chi connectivity index (χ0n) is 12.1. The molecule has 0 radical (unpaired) electrons. The van der Waals surface area contributed by atoms with E-state index in [1.807, 2.05) is 4.68 Å². The second kappa shape index (κ2) is 5.64. The Labute approximate surface area is 127 Å². The summed E-state index contributed by atoms with van der Waals surface area (Å²) in [4.78, 5) is 7.56. The summed E-state index contributed by atoms with van der Waals surface area (Å²) in [5.41, 5.74) is 2.16. The summed E-state index contributed by atoms with van der Waals surface area (Å²) >= 11 is 0. The summed E-state index contributed by atoms with van der Waals surface area (Å²) in [6.07, 6.45) is 7.55. The second-order valence-electron chi connectivity index (χ2n) is 5.81. The molecular formula is C15H17FN4O2. The van der Waals surface area contributed by atoms with Crippen molar-refractivity contribution in [3.63, 3.8) is 0 Å². The van der Waals surface area contributed by atoms with Gasteiger partial charge in [-0.05, 0) is 30.7 Å². The van der Waals surface area contributed by atoms with Gasteiger partial charge in [-0.15, -0.1) is 0 Å². The summed E-state index contributed by atoms with van der Waals surface area (Å²) < 4.78 is 26.0. The number of rotatable bonds is 5. The number of nitrogens with zero attached hydrogens (tertiary/aromatic N) is 4. The Morgan fingerprint density at radius 2 is 2.14 bits per heavy atom. The lowest BCUT2D eigenvalue weighted by Gasteiger charge is -2.21. The average Bonchev–Trinajstić information content (AvgIpc) is 3.23. The largest absolute Gasteiger partial charge is 0.460 e. The van der Waals surface area contributed by atoms with Crippen LogP contribution in [0.4, 0.5) is 4.39 Å². The molecule has 3 heterocycles. The van der Waals surface area contributed by atoms with Gasteiger partial charge < -0.3 is 9.47 Å². The van der Waals surface area contributed by atoms with Crippen molar-refractivity contribution in [1.29, 1.82) is 0 Å². The minimum absolute atomic E-state index is 0.148. The first-order valence-electron chi connectivity index (χ1n) is 7.56. The molecule has 4 rings (SSSR count). The van der Waals surface area contributed by atoms with Gasteiger partial charge in [0.1, 0.15) is 12.7 Å². The molecule has 1 atom stereocenters. The highest BCUT2D eigenvalue weighted by molar-refractivity contribution is 5.22. The van der Waals surface area contributed by atoms with E-state index >= 15 is 0 Å². The molecular weight excluding hydrogens is 287 g/mol. The number of ether oxygens (including phenoxy) is 2. The summed E-state index contributed by atoms with van der Waals surface area (Å²) in [6.45, 7) is 1.92. The van der Waals surface area contributed by atoms with Crippen LogP contribution in [0.3, 0.4) is 0 Å². The van der Waals surface area contributed by atoms with Crippen LogP contribution in [0, 0.1) is 11.7 Å². The maximum absolute atomic E-state index is 12.8. The molecule has 0 aromatic carbocycles. The normalized spacial score (nSPS) is 20.7. The molecule has 7 heteroatoms. The second-order valence-corrected chi connectivity index (χ2v) is 5.81. The van der Waals surface area contributed by atoms with Crippen LogP contribution in [0.15, 0.2) is 18.6 Å². The quantitative estimate of drug-likeness (QED) is 0.844. The minimum Gasteiger partial charge on any atom is -0.460 e. The number of aromatic nitrogens is 4. The number of hydrogen-bond donors (Lipinski definition) is 0. The number of hydrogen-bond acceptors (Lipinski definition) is 5. The van der Waals surface area contributed by atoms with Gasteiger partial charge in [-0.2, -0.15) is 5.10 Å². The SMILES string of the molecule is Fc1cnc(OCC2OCCc3cn(CC4CC4)nc32)nc1. The average molecular weight is 304 g/mol. The van der Waals surface area contributed by atoms with E-state index in [9.17, 15) is 4.39 Å². The van der Waals surface area contributed by atoms with E-state index in [0.717, 1.165) is 37.0 Å². The lowest BCUT2D eigenvalue weighted by Crippen LogP contribution is -2.22. The summed E-state index contributed by atoms with van der Waals surface area (Å²) in [6, 6.07) is 0.148. The fourth-order valence-corrected chi connectivity index (χ4v) is 2.64. The van der Waals surface area contributed by atoms with Gasteiger partial charge in [0.25, 0.3) is 0 Å². The summed E-state index contributed by atoms with van der Waals surface area (Å²) in [7, 11) is 0. The molecule has 0 saturated heterocycles. The van der Waals surface area contributed by atoms with Crippen LogP contribution in [0.1, 0.15) is 30.2 Å². The molecule has 22 heavy (non-hydrogen) atoms. The molecule has 1 aliphatic carbocycles. The fraction of sp³-hybridized carbons (Fsp3) is 0.533. The molecule has 2 aromatic heterocycles. The van der Waals surface area contributed by atoms with Gasteiger partial charge in [0, 0.05) is 12.7 Å². The van der Waals surface area contributed by atoms with Crippen molar-refractivity contribution in [2.75, 3.05) is 13.2 Å². The lowest BCUT2D eigenvalue weighted by atomic mass is 10.1. The summed E-state index contributed by atoms with van der Waals surface area (Å²) in [5.74, 6) is 0.298. The molecule has 1 unspecified atom stereocenters. The molecule has 2 aromatic rings. The van der Waals surface area contributed by atoms with E-state index in [0.29, 0.717) is 6.61 Å². The maximum atomic E-state index is 12.8. The predicted octanol–water partition coefficient (Wildman–Crippen LogP) is 1.91. The van der Waals surface area contributed by atoms with Crippen molar-refractivity contribution in [2.24, 2.45) is 5.92 Å². The van der Waals surface area contributed by atoms with Crippen molar-refractivity contribution in [3.05, 3.63) is 35.7 Å². The third-order valence-corrected chi connectivity index (χ3v) is 3.97. The van der Waals surface area contributed by atoms with E-state index in [2.05, 4.69) is 21.3 Å². The first-order chi connectivity index (χ1) is 10.8. The standard InChI is InChI=1S/C15H17FN4O2/c16-12-5-17-15(18-6-12)22-9-13-14-11(3-4-21-13)8-20(19-14)7-10-1-2-10/h5-6,8,10,13H,1-4,7,9H2. The van der Waals surface area contributed by atoms with Gasteiger partial charge in [-0.3, -0.25) is 4.68 Å². The summed E-state index contributed by atoms with van der Waals surface area (Å²) in [5, 5.41) is 4.65. The Morgan fingerprint density at radius 3 is 2.91 bits per heavy atom. The fourth-order valence-electron chi connectivity index (χ4n) is 2.64. The van der Waals surface area contributed by atoms with E-state index in [-0.39, 0.29) is 18.7 Å².